The van der Waals surface area contributed by atoms with Gasteiger partial charge < -0.3 is 19.7 Å². The number of carbonyl (C=O) groups is 2. The molecule has 10 nitrogen and oxygen atoms in total. The number of hydrogen-bond acceptors (Lipinski definition) is 8. The van der Waals surface area contributed by atoms with Crippen LogP contribution in [-0.2, 0) is 26.0 Å². The van der Waals surface area contributed by atoms with Crippen LogP contribution in [0.5, 0.6) is 11.5 Å². The van der Waals surface area contributed by atoms with Crippen LogP contribution in [0.4, 0.5) is 5.13 Å². The summed E-state index contributed by atoms with van der Waals surface area (Å²) in [5.74, 6) is 0.591. The van der Waals surface area contributed by atoms with Crippen molar-refractivity contribution in [2.75, 3.05) is 45.7 Å². The Labute approximate surface area is 196 Å². The number of nitrogens with one attached hydrogen (secondary N) is 1. The Hall–Kier alpha value is -2.70. The number of thiazole rings is 1. The van der Waals surface area contributed by atoms with Gasteiger partial charge in [0.2, 0.25) is 21.8 Å². The van der Waals surface area contributed by atoms with E-state index in [9.17, 15) is 18.0 Å². The van der Waals surface area contributed by atoms with Gasteiger partial charge in [0, 0.05) is 43.5 Å². The number of aromatic nitrogens is 1. The minimum atomic E-state index is -3.82. The predicted molar refractivity (Wildman–Crippen MR) is 122 cm³/mol. The van der Waals surface area contributed by atoms with Crippen molar-refractivity contribution in [2.45, 2.75) is 24.2 Å². The predicted octanol–water partition coefficient (Wildman–Crippen LogP) is 1.58. The van der Waals surface area contributed by atoms with Gasteiger partial charge in [-0.25, -0.2) is 13.4 Å². The Morgan fingerprint density at radius 2 is 1.88 bits per heavy atom. The molecular weight excluding hydrogens is 468 g/mol. The van der Waals surface area contributed by atoms with Crippen LogP contribution in [0.3, 0.4) is 0 Å². The van der Waals surface area contributed by atoms with Crippen LogP contribution in [0.2, 0.25) is 0 Å². The van der Waals surface area contributed by atoms with E-state index >= 15 is 0 Å². The van der Waals surface area contributed by atoms with Gasteiger partial charge in [-0.1, -0.05) is 0 Å². The number of carbonyl (C=O) groups excluding carboxylic acids is 2. The third-order valence-corrected chi connectivity index (χ3v) is 8.37. The van der Waals surface area contributed by atoms with Gasteiger partial charge in [-0.3, -0.25) is 9.59 Å². The maximum absolute atomic E-state index is 13.2. The van der Waals surface area contributed by atoms with Crippen molar-refractivity contribution in [3.8, 4) is 11.5 Å². The molecule has 4 rings (SSSR count). The standard InChI is InChI=1S/C21H26N4O6S2/c1-30-16-5-6-17(31-2)18(12-16)33(28,29)25-9-7-24(8-10-25)19(26)11-15-13-32-21(22-15)23-20(27)14-3-4-14/h5-6,12-14H,3-4,7-11H2,1-2H3,(H,22,23,27). The fraction of sp³-hybridized carbons (Fsp3) is 0.476. The highest BCUT2D eigenvalue weighted by Crippen LogP contribution is 2.32. The topological polar surface area (TPSA) is 118 Å². The molecule has 0 unspecified atom stereocenters. The van der Waals surface area contributed by atoms with Gasteiger partial charge in [0.05, 0.1) is 26.3 Å². The zero-order valence-corrected chi connectivity index (χ0v) is 20.1. The first-order valence-corrected chi connectivity index (χ1v) is 12.9. The van der Waals surface area contributed by atoms with Crippen LogP contribution in [0.1, 0.15) is 18.5 Å². The monoisotopic (exact) mass is 494 g/mol. The molecule has 1 aromatic carbocycles. The summed E-state index contributed by atoms with van der Waals surface area (Å²) in [7, 11) is -0.934. The minimum Gasteiger partial charge on any atom is -0.497 e. The Morgan fingerprint density at radius 1 is 1.15 bits per heavy atom. The molecule has 33 heavy (non-hydrogen) atoms. The van der Waals surface area contributed by atoms with E-state index < -0.39 is 10.0 Å². The second kappa shape index (κ2) is 9.65. The molecule has 2 aromatic rings. The van der Waals surface area contributed by atoms with Gasteiger partial charge >= 0.3 is 0 Å². The van der Waals surface area contributed by atoms with Crippen molar-refractivity contribution in [3.63, 3.8) is 0 Å². The molecule has 178 valence electrons. The molecule has 12 heteroatoms. The zero-order chi connectivity index (χ0) is 23.6. The highest BCUT2D eigenvalue weighted by Gasteiger charge is 2.33. The number of amides is 2. The number of nitrogens with zero attached hydrogens (tertiary/aromatic N) is 3. The van der Waals surface area contributed by atoms with E-state index in [1.807, 2.05) is 0 Å². The maximum Gasteiger partial charge on any atom is 0.247 e. The number of benzene rings is 1. The molecule has 1 aliphatic heterocycles. The normalized spacial score (nSPS) is 17.0. The van der Waals surface area contributed by atoms with Crippen molar-refractivity contribution in [1.82, 2.24) is 14.2 Å². The first-order valence-electron chi connectivity index (χ1n) is 10.6. The SMILES string of the molecule is COc1ccc(OC)c(S(=O)(=O)N2CCN(C(=O)Cc3csc(NC(=O)C4CC4)n3)CC2)c1. The van der Waals surface area contributed by atoms with E-state index in [1.165, 1.54) is 35.9 Å². The molecule has 0 bridgehead atoms. The van der Waals surface area contributed by atoms with Crippen molar-refractivity contribution < 1.29 is 27.5 Å². The fourth-order valence-electron chi connectivity index (χ4n) is 3.57. The second-order valence-corrected chi connectivity index (χ2v) is 10.7. The van der Waals surface area contributed by atoms with Gasteiger partial charge in [-0.2, -0.15) is 4.31 Å². The number of hydrogen-bond donors (Lipinski definition) is 1. The first kappa shape index (κ1) is 23.5. The lowest BCUT2D eigenvalue weighted by Crippen LogP contribution is -2.50. The van der Waals surface area contributed by atoms with Crippen LogP contribution in [-0.4, -0.2) is 74.8 Å². The summed E-state index contributed by atoms with van der Waals surface area (Å²) in [6, 6.07) is 4.63. The summed E-state index contributed by atoms with van der Waals surface area (Å²) in [6.07, 6.45) is 1.93. The van der Waals surface area contributed by atoms with Crippen LogP contribution in [0, 0.1) is 5.92 Å². The van der Waals surface area contributed by atoms with Crippen molar-refractivity contribution >= 4 is 38.3 Å². The number of rotatable bonds is 8. The van der Waals surface area contributed by atoms with Crippen LogP contribution in [0.25, 0.3) is 0 Å². The lowest BCUT2D eigenvalue weighted by atomic mass is 10.2. The largest absolute Gasteiger partial charge is 0.497 e. The summed E-state index contributed by atoms with van der Waals surface area (Å²) >= 11 is 1.30. The van der Waals surface area contributed by atoms with Crippen molar-refractivity contribution in [2.24, 2.45) is 5.92 Å². The molecule has 1 saturated heterocycles. The molecule has 0 spiro atoms. The van der Waals surface area contributed by atoms with Gasteiger partial charge in [-0.15, -0.1) is 11.3 Å². The fourth-order valence-corrected chi connectivity index (χ4v) is 5.87. The number of piperazine rings is 1. The minimum absolute atomic E-state index is 0.0211. The average Bonchev–Trinajstić information content (AvgIpc) is 3.60. The molecular formula is C21H26N4O6S2. The molecule has 2 amide bonds. The van der Waals surface area contributed by atoms with E-state index in [-0.39, 0.29) is 61.0 Å². The van der Waals surface area contributed by atoms with E-state index in [2.05, 4.69) is 10.3 Å². The molecule has 0 radical (unpaired) electrons. The third kappa shape index (κ3) is 5.28. The second-order valence-electron chi connectivity index (χ2n) is 7.89. The lowest BCUT2D eigenvalue weighted by molar-refractivity contribution is -0.131. The third-order valence-electron chi connectivity index (χ3n) is 5.64. The van der Waals surface area contributed by atoms with Crippen LogP contribution in [0.15, 0.2) is 28.5 Å². The van der Waals surface area contributed by atoms with E-state index in [1.54, 1.807) is 22.4 Å². The quantitative estimate of drug-likeness (QED) is 0.592. The number of sulfonamides is 1. The van der Waals surface area contributed by atoms with Gasteiger partial charge in [0.1, 0.15) is 16.4 Å². The molecule has 1 saturated carbocycles. The summed E-state index contributed by atoms with van der Waals surface area (Å²) in [5.41, 5.74) is 0.590. The molecule has 1 aromatic heterocycles. The van der Waals surface area contributed by atoms with Crippen molar-refractivity contribution in [3.05, 3.63) is 29.3 Å². The Bertz CT molecular complexity index is 1140. The molecule has 1 N–H and O–H groups in total. The molecule has 2 aliphatic rings. The highest BCUT2D eigenvalue weighted by molar-refractivity contribution is 7.89. The number of methoxy groups -OCH3 is 2. The maximum atomic E-state index is 13.2. The highest BCUT2D eigenvalue weighted by atomic mass is 32.2. The van der Waals surface area contributed by atoms with Crippen molar-refractivity contribution in [1.29, 1.82) is 0 Å². The van der Waals surface area contributed by atoms with Gasteiger partial charge in [0.15, 0.2) is 5.13 Å². The Kier molecular flexibility index (Phi) is 6.86. The Balaban J connectivity index is 1.35. The van der Waals surface area contributed by atoms with E-state index in [0.717, 1.165) is 12.8 Å². The van der Waals surface area contributed by atoms with Gasteiger partial charge in [0.25, 0.3) is 0 Å². The molecule has 0 atom stereocenters. The summed E-state index contributed by atoms with van der Waals surface area (Å²) < 4.78 is 38.1. The number of anilines is 1. The van der Waals surface area contributed by atoms with Crippen LogP contribution < -0.4 is 14.8 Å². The van der Waals surface area contributed by atoms with E-state index in [0.29, 0.717) is 16.6 Å². The first-order chi connectivity index (χ1) is 15.8. The summed E-state index contributed by atoms with van der Waals surface area (Å²) in [6.45, 7) is 0.905. The van der Waals surface area contributed by atoms with Crippen LogP contribution >= 0.6 is 11.3 Å². The molecule has 2 heterocycles. The Morgan fingerprint density at radius 3 is 2.52 bits per heavy atom. The van der Waals surface area contributed by atoms with E-state index in [4.69, 9.17) is 9.47 Å². The smallest absolute Gasteiger partial charge is 0.247 e. The summed E-state index contributed by atoms with van der Waals surface area (Å²) in [4.78, 5) is 30.6. The molecule has 1 aliphatic carbocycles. The van der Waals surface area contributed by atoms with Gasteiger partial charge in [-0.05, 0) is 25.0 Å². The average molecular weight is 495 g/mol. The molecule has 2 fully saturated rings. The summed E-state index contributed by atoms with van der Waals surface area (Å²) in [5, 5.41) is 5.04. The number of ether oxygens (including phenoxy) is 2. The lowest BCUT2D eigenvalue weighted by Gasteiger charge is -2.34. The zero-order valence-electron chi connectivity index (χ0n) is 18.4.